The molecule has 0 spiro atoms. The number of hydrogen-bond acceptors (Lipinski definition) is 5. The van der Waals surface area contributed by atoms with Crippen LogP contribution in [0.2, 0.25) is 0 Å². The van der Waals surface area contributed by atoms with Crippen molar-refractivity contribution in [2.24, 2.45) is 0 Å². The van der Waals surface area contributed by atoms with E-state index in [4.69, 9.17) is 13.9 Å². The average molecular weight is 365 g/mol. The minimum absolute atomic E-state index is 0.0978. The van der Waals surface area contributed by atoms with Crippen molar-refractivity contribution in [3.05, 3.63) is 64.0 Å². The molecule has 27 heavy (non-hydrogen) atoms. The molecule has 1 heterocycles. The molecule has 2 aromatic carbocycles. The summed E-state index contributed by atoms with van der Waals surface area (Å²) in [5.74, 6) is 1.47. The maximum Gasteiger partial charge on any atom is 0.251 e. The largest absolute Gasteiger partial charge is 0.497 e. The summed E-state index contributed by atoms with van der Waals surface area (Å²) in [5.41, 5.74) is 0.742. The zero-order valence-corrected chi connectivity index (χ0v) is 15.1. The molecule has 1 aliphatic rings. The number of fused-ring (bicyclic) bond motifs is 1. The Balaban J connectivity index is 1.61. The third-order valence-electron chi connectivity index (χ3n) is 4.47. The van der Waals surface area contributed by atoms with Crippen molar-refractivity contribution in [2.75, 3.05) is 7.11 Å². The Labute approximate surface area is 155 Å². The van der Waals surface area contributed by atoms with Crippen LogP contribution in [0.5, 0.6) is 17.2 Å². The standard InChI is InChI=1S/C21H19NO5/c1-12-20(19(23)17-10-9-16(25-2)11-18(17)26-12)27-15-7-3-13(4-8-15)21(24)22-14-5-6-14/h3-4,7-11,14H,5-6H2,1-2H3,(H,22,24). The van der Waals surface area contributed by atoms with Gasteiger partial charge in [0.15, 0.2) is 0 Å². The van der Waals surface area contributed by atoms with E-state index in [2.05, 4.69) is 5.32 Å². The van der Waals surface area contributed by atoms with Gasteiger partial charge in [0.2, 0.25) is 11.2 Å². The Hall–Kier alpha value is -3.28. The maximum absolute atomic E-state index is 12.8. The molecule has 1 N–H and O–H groups in total. The molecule has 1 aliphatic carbocycles. The van der Waals surface area contributed by atoms with Crippen molar-refractivity contribution in [1.82, 2.24) is 5.32 Å². The van der Waals surface area contributed by atoms with Gasteiger partial charge in [0.1, 0.15) is 22.8 Å². The van der Waals surface area contributed by atoms with Crippen molar-refractivity contribution in [1.29, 1.82) is 0 Å². The normalized spacial score (nSPS) is 13.4. The van der Waals surface area contributed by atoms with E-state index in [0.717, 1.165) is 12.8 Å². The number of carbonyl (C=O) groups excluding carboxylic acids is 1. The molecule has 3 aromatic rings. The van der Waals surface area contributed by atoms with Gasteiger partial charge in [-0.15, -0.1) is 0 Å². The van der Waals surface area contributed by atoms with Gasteiger partial charge in [-0.05, 0) is 56.2 Å². The zero-order chi connectivity index (χ0) is 19.0. The summed E-state index contributed by atoms with van der Waals surface area (Å²) >= 11 is 0. The first-order valence-corrected chi connectivity index (χ1v) is 8.75. The van der Waals surface area contributed by atoms with Crippen molar-refractivity contribution in [3.8, 4) is 17.2 Å². The Bertz CT molecular complexity index is 1060. The van der Waals surface area contributed by atoms with Crippen LogP contribution in [-0.4, -0.2) is 19.1 Å². The summed E-state index contributed by atoms with van der Waals surface area (Å²) < 4.78 is 16.7. The van der Waals surface area contributed by atoms with Gasteiger partial charge in [0.05, 0.1) is 12.5 Å². The van der Waals surface area contributed by atoms with Gasteiger partial charge in [0, 0.05) is 17.7 Å². The van der Waals surface area contributed by atoms with Crippen LogP contribution in [0.15, 0.2) is 51.7 Å². The number of benzene rings is 2. The molecular formula is C21H19NO5. The predicted octanol–water partition coefficient (Wildman–Crippen LogP) is 3.79. The molecule has 6 heteroatoms. The van der Waals surface area contributed by atoms with Gasteiger partial charge in [-0.2, -0.15) is 0 Å². The lowest BCUT2D eigenvalue weighted by molar-refractivity contribution is 0.0951. The Morgan fingerprint density at radius 2 is 1.81 bits per heavy atom. The highest BCUT2D eigenvalue weighted by Gasteiger charge is 2.23. The molecule has 1 fully saturated rings. The molecule has 0 unspecified atom stereocenters. The molecular weight excluding hydrogens is 346 g/mol. The van der Waals surface area contributed by atoms with Crippen LogP contribution in [0, 0.1) is 6.92 Å². The highest BCUT2D eigenvalue weighted by Crippen LogP contribution is 2.27. The number of amides is 1. The van der Waals surface area contributed by atoms with E-state index in [0.29, 0.717) is 39.8 Å². The molecule has 4 rings (SSSR count). The minimum Gasteiger partial charge on any atom is -0.497 e. The van der Waals surface area contributed by atoms with E-state index in [9.17, 15) is 9.59 Å². The number of ether oxygens (including phenoxy) is 2. The summed E-state index contributed by atoms with van der Waals surface area (Å²) in [4.78, 5) is 24.8. The van der Waals surface area contributed by atoms with Crippen LogP contribution in [0.4, 0.5) is 0 Å². The third-order valence-corrected chi connectivity index (χ3v) is 4.47. The molecule has 0 radical (unpaired) electrons. The molecule has 1 amide bonds. The van der Waals surface area contributed by atoms with Crippen LogP contribution in [0.1, 0.15) is 29.0 Å². The Kier molecular flexibility index (Phi) is 4.32. The summed E-state index contributed by atoms with van der Waals surface area (Å²) in [6.45, 7) is 1.67. The maximum atomic E-state index is 12.8. The van der Waals surface area contributed by atoms with Crippen LogP contribution in [-0.2, 0) is 0 Å². The molecule has 1 aromatic heterocycles. The smallest absolute Gasteiger partial charge is 0.251 e. The van der Waals surface area contributed by atoms with E-state index >= 15 is 0 Å². The summed E-state index contributed by atoms with van der Waals surface area (Å²) in [7, 11) is 1.55. The number of hydrogen-bond donors (Lipinski definition) is 1. The average Bonchev–Trinajstić information content (AvgIpc) is 3.49. The summed E-state index contributed by atoms with van der Waals surface area (Å²) in [6.07, 6.45) is 2.08. The SMILES string of the molecule is COc1ccc2c(=O)c(Oc3ccc(C(=O)NC4CC4)cc3)c(C)oc2c1. The van der Waals surface area contributed by atoms with Gasteiger partial charge >= 0.3 is 0 Å². The number of carbonyl (C=O) groups is 1. The first-order chi connectivity index (χ1) is 13.0. The van der Waals surface area contributed by atoms with Crippen LogP contribution >= 0.6 is 0 Å². The first kappa shape index (κ1) is 17.1. The fourth-order valence-electron chi connectivity index (χ4n) is 2.80. The number of aryl methyl sites for hydroxylation is 1. The van der Waals surface area contributed by atoms with Crippen LogP contribution in [0.3, 0.4) is 0 Å². The fraction of sp³-hybridized carbons (Fsp3) is 0.238. The van der Waals surface area contributed by atoms with Crippen molar-refractivity contribution < 1.29 is 18.7 Å². The van der Waals surface area contributed by atoms with E-state index in [-0.39, 0.29) is 17.1 Å². The first-order valence-electron chi connectivity index (χ1n) is 8.75. The lowest BCUT2D eigenvalue weighted by atomic mass is 10.2. The number of methoxy groups -OCH3 is 1. The fourth-order valence-corrected chi connectivity index (χ4v) is 2.80. The molecule has 0 saturated heterocycles. The van der Waals surface area contributed by atoms with E-state index < -0.39 is 0 Å². The van der Waals surface area contributed by atoms with Crippen LogP contribution < -0.4 is 20.2 Å². The highest BCUT2D eigenvalue weighted by molar-refractivity contribution is 5.94. The lowest BCUT2D eigenvalue weighted by Crippen LogP contribution is -2.25. The van der Waals surface area contributed by atoms with Gasteiger partial charge < -0.3 is 19.2 Å². The quantitative estimate of drug-likeness (QED) is 0.744. The molecule has 0 aliphatic heterocycles. The molecule has 0 bridgehead atoms. The predicted molar refractivity (Wildman–Crippen MR) is 101 cm³/mol. The van der Waals surface area contributed by atoms with Crippen LogP contribution in [0.25, 0.3) is 11.0 Å². The lowest BCUT2D eigenvalue weighted by Gasteiger charge is -2.10. The molecule has 1 saturated carbocycles. The summed E-state index contributed by atoms with van der Waals surface area (Å²) in [6, 6.07) is 12.0. The van der Waals surface area contributed by atoms with Gasteiger partial charge in [-0.25, -0.2) is 0 Å². The van der Waals surface area contributed by atoms with E-state index in [1.54, 1.807) is 56.5 Å². The number of nitrogens with one attached hydrogen (secondary N) is 1. The molecule has 0 atom stereocenters. The van der Waals surface area contributed by atoms with E-state index in [1.165, 1.54) is 0 Å². The second-order valence-corrected chi connectivity index (χ2v) is 6.55. The molecule has 138 valence electrons. The highest BCUT2D eigenvalue weighted by atomic mass is 16.5. The topological polar surface area (TPSA) is 77.8 Å². The second kappa shape index (κ2) is 6.79. The number of rotatable bonds is 5. The van der Waals surface area contributed by atoms with Crippen molar-refractivity contribution in [3.63, 3.8) is 0 Å². The second-order valence-electron chi connectivity index (χ2n) is 6.55. The minimum atomic E-state index is -0.257. The van der Waals surface area contributed by atoms with E-state index in [1.807, 2.05) is 0 Å². The van der Waals surface area contributed by atoms with Crippen molar-refractivity contribution in [2.45, 2.75) is 25.8 Å². The van der Waals surface area contributed by atoms with Gasteiger partial charge in [-0.3, -0.25) is 9.59 Å². The third kappa shape index (κ3) is 3.51. The van der Waals surface area contributed by atoms with Gasteiger partial charge in [0.25, 0.3) is 5.91 Å². The Morgan fingerprint density at radius 3 is 2.48 bits per heavy atom. The van der Waals surface area contributed by atoms with Gasteiger partial charge in [-0.1, -0.05) is 0 Å². The zero-order valence-electron chi connectivity index (χ0n) is 15.1. The monoisotopic (exact) mass is 365 g/mol. The summed E-state index contributed by atoms with van der Waals surface area (Å²) in [5, 5.41) is 3.35. The Morgan fingerprint density at radius 1 is 1.11 bits per heavy atom. The molecule has 6 nitrogen and oxygen atoms in total. The van der Waals surface area contributed by atoms with Crippen molar-refractivity contribution >= 4 is 16.9 Å².